The average molecular weight is 138 g/mol. The summed E-state index contributed by atoms with van der Waals surface area (Å²) < 4.78 is 0. The van der Waals surface area contributed by atoms with Gasteiger partial charge < -0.3 is 5.73 Å². The van der Waals surface area contributed by atoms with Crippen LogP contribution in [0.15, 0.2) is 12.7 Å². The molecule has 0 saturated carbocycles. The van der Waals surface area contributed by atoms with Crippen LogP contribution in [0.2, 0.25) is 0 Å². The third-order valence-electron chi connectivity index (χ3n) is 1.31. The summed E-state index contributed by atoms with van der Waals surface area (Å²) in [6, 6.07) is 0. The average Bonchev–Trinajstić information content (AvgIpc) is 2.05. The summed E-state index contributed by atoms with van der Waals surface area (Å²) in [6.45, 7) is 2.55. The lowest BCUT2D eigenvalue weighted by Gasteiger charge is -2.03. The van der Waals surface area contributed by atoms with E-state index in [1.807, 2.05) is 6.92 Å². The van der Waals surface area contributed by atoms with Crippen molar-refractivity contribution in [3.8, 4) is 0 Å². The van der Waals surface area contributed by atoms with E-state index in [0.717, 1.165) is 5.82 Å². The molecule has 0 saturated heterocycles. The van der Waals surface area contributed by atoms with Crippen LogP contribution in [0.1, 0.15) is 18.7 Å². The molecule has 0 aliphatic carbocycles. The van der Waals surface area contributed by atoms with Crippen LogP contribution in [0.4, 0.5) is 0 Å². The van der Waals surface area contributed by atoms with Crippen molar-refractivity contribution in [2.24, 2.45) is 5.73 Å². The Bertz CT molecular complexity index is 186. The van der Waals surface area contributed by atoms with Crippen LogP contribution in [-0.2, 0) is 0 Å². The molecule has 0 spiro atoms. The number of hydrogen-bond donors (Lipinski definition) is 1. The van der Waals surface area contributed by atoms with Crippen molar-refractivity contribution in [3.63, 3.8) is 0 Å². The summed E-state index contributed by atoms with van der Waals surface area (Å²) in [5.41, 5.74) is 5.40. The fraction of sp³-hybridized carbons (Fsp3) is 0.500. The maximum Gasteiger partial charge on any atom is 0.136 e. The highest BCUT2D eigenvalue weighted by atomic mass is 15.0. The Morgan fingerprint density at radius 3 is 2.60 bits per heavy atom. The normalized spacial score (nSPS) is 13.0. The first-order chi connectivity index (χ1) is 4.84. The zero-order valence-corrected chi connectivity index (χ0v) is 5.86. The fourth-order valence-corrected chi connectivity index (χ4v) is 0.608. The third-order valence-corrected chi connectivity index (χ3v) is 1.31. The lowest BCUT2D eigenvalue weighted by molar-refractivity contribution is 0.702. The van der Waals surface area contributed by atoms with Gasteiger partial charge in [-0.05, 0) is 0 Å². The van der Waals surface area contributed by atoms with Crippen molar-refractivity contribution in [1.82, 2.24) is 15.0 Å². The van der Waals surface area contributed by atoms with E-state index >= 15 is 0 Å². The second-order valence-corrected chi connectivity index (χ2v) is 2.13. The molecule has 0 aliphatic rings. The van der Waals surface area contributed by atoms with Crippen molar-refractivity contribution in [2.45, 2.75) is 12.8 Å². The van der Waals surface area contributed by atoms with Gasteiger partial charge >= 0.3 is 0 Å². The highest BCUT2D eigenvalue weighted by Gasteiger charge is 2.03. The molecule has 1 heterocycles. The molecule has 1 atom stereocenters. The Labute approximate surface area is 59.5 Å². The Kier molecular flexibility index (Phi) is 2.28. The smallest absolute Gasteiger partial charge is 0.136 e. The molecule has 1 unspecified atom stereocenters. The zero-order chi connectivity index (χ0) is 7.40. The number of nitrogens with zero attached hydrogens (tertiary/aromatic N) is 3. The monoisotopic (exact) mass is 138 g/mol. The summed E-state index contributed by atoms with van der Waals surface area (Å²) in [4.78, 5) is 11.6. The first-order valence-corrected chi connectivity index (χ1v) is 3.16. The summed E-state index contributed by atoms with van der Waals surface area (Å²) in [6.07, 6.45) is 2.96. The summed E-state index contributed by atoms with van der Waals surface area (Å²) >= 11 is 0. The van der Waals surface area contributed by atoms with Crippen LogP contribution in [0.25, 0.3) is 0 Å². The van der Waals surface area contributed by atoms with E-state index < -0.39 is 0 Å². The molecule has 0 fully saturated rings. The lowest BCUT2D eigenvalue weighted by Crippen LogP contribution is -2.11. The summed E-state index contributed by atoms with van der Waals surface area (Å²) in [7, 11) is 0. The standard InChI is InChI=1S/C6H10N4/c1-5(2-7)6-9-3-8-4-10-6/h3-5H,2,7H2,1H3. The van der Waals surface area contributed by atoms with E-state index in [-0.39, 0.29) is 5.92 Å². The number of hydrogen-bond acceptors (Lipinski definition) is 4. The first kappa shape index (κ1) is 7.08. The van der Waals surface area contributed by atoms with Crippen LogP contribution in [0.5, 0.6) is 0 Å². The number of rotatable bonds is 2. The molecule has 2 N–H and O–H groups in total. The Morgan fingerprint density at radius 2 is 2.10 bits per heavy atom. The molecule has 0 bridgehead atoms. The first-order valence-electron chi connectivity index (χ1n) is 3.16. The van der Waals surface area contributed by atoms with Gasteiger partial charge in [0.05, 0.1) is 0 Å². The molecule has 54 valence electrons. The molecular formula is C6H10N4. The van der Waals surface area contributed by atoms with Gasteiger partial charge in [-0.2, -0.15) is 0 Å². The summed E-state index contributed by atoms with van der Waals surface area (Å²) in [5, 5.41) is 0. The predicted molar refractivity (Wildman–Crippen MR) is 37.3 cm³/mol. The van der Waals surface area contributed by atoms with E-state index in [2.05, 4.69) is 15.0 Å². The molecule has 0 aromatic carbocycles. The Hall–Kier alpha value is -1.03. The minimum atomic E-state index is 0.225. The van der Waals surface area contributed by atoms with Gasteiger partial charge in [-0.15, -0.1) is 0 Å². The van der Waals surface area contributed by atoms with Gasteiger partial charge in [0.1, 0.15) is 18.5 Å². The van der Waals surface area contributed by atoms with Crippen molar-refractivity contribution in [1.29, 1.82) is 0 Å². The topological polar surface area (TPSA) is 64.7 Å². The maximum atomic E-state index is 5.40. The van der Waals surface area contributed by atoms with Crippen LogP contribution < -0.4 is 5.73 Å². The Morgan fingerprint density at radius 1 is 1.50 bits per heavy atom. The van der Waals surface area contributed by atoms with Gasteiger partial charge in [0.2, 0.25) is 0 Å². The molecule has 0 aliphatic heterocycles. The van der Waals surface area contributed by atoms with E-state index in [9.17, 15) is 0 Å². The molecule has 1 rings (SSSR count). The van der Waals surface area contributed by atoms with Gasteiger partial charge in [0.15, 0.2) is 0 Å². The van der Waals surface area contributed by atoms with Gasteiger partial charge in [-0.1, -0.05) is 6.92 Å². The van der Waals surface area contributed by atoms with Gasteiger partial charge in [-0.25, -0.2) is 15.0 Å². The molecular weight excluding hydrogens is 128 g/mol. The van der Waals surface area contributed by atoms with E-state index in [0.29, 0.717) is 6.54 Å². The van der Waals surface area contributed by atoms with Crippen LogP contribution >= 0.6 is 0 Å². The SMILES string of the molecule is CC(CN)c1ncncn1. The van der Waals surface area contributed by atoms with Crippen LogP contribution in [0, 0.1) is 0 Å². The zero-order valence-electron chi connectivity index (χ0n) is 5.86. The predicted octanol–water partition coefficient (Wildman–Crippen LogP) is -0.0662. The molecule has 4 heteroatoms. The third kappa shape index (κ3) is 1.48. The molecule has 1 aromatic rings. The molecule has 1 aromatic heterocycles. The summed E-state index contributed by atoms with van der Waals surface area (Å²) in [5.74, 6) is 0.987. The van der Waals surface area contributed by atoms with E-state index in [1.54, 1.807) is 0 Å². The minimum Gasteiger partial charge on any atom is -0.330 e. The molecule has 0 amide bonds. The van der Waals surface area contributed by atoms with Crippen LogP contribution in [-0.4, -0.2) is 21.5 Å². The highest BCUT2D eigenvalue weighted by Crippen LogP contribution is 2.03. The van der Waals surface area contributed by atoms with Crippen molar-refractivity contribution in [3.05, 3.63) is 18.5 Å². The molecule has 4 nitrogen and oxygen atoms in total. The fourth-order valence-electron chi connectivity index (χ4n) is 0.608. The van der Waals surface area contributed by atoms with Crippen LogP contribution in [0.3, 0.4) is 0 Å². The maximum absolute atomic E-state index is 5.40. The van der Waals surface area contributed by atoms with Gasteiger partial charge in [0.25, 0.3) is 0 Å². The van der Waals surface area contributed by atoms with Crippen molar-refractivity contribution < 1.29 is 0 Å². The largest absolute Gasteiger partial charge is 0.330 e. The lowest BCUT2D eigenvalue weighted by atomic mass is 10.2. The number of nitrogens with two attached hydrogens (primary N) is 1. The minimum absolute atomic E-state index is 0.225. The number of aromatic nitrogens is 3. The Balaban J connectivity index is 2.75. The van der Waals surface area contributed by atoms with Crippen molar-refractivity contribution in [2.75, 3.05) is 6.54 Å². The van der Waals surface area contributed by atoms with Gasteiger partial charge in [-0.3, -0.25) is 0 Å². The van der Waals surface area contributed by atoms with E-state index in [1.165, 1.54) is 12.7 Å². The van der Waals surface area contributed by atoms with Gasteiger partial charge in [0, 0.05) is 12.5 Å². The quantitative estimate of drug-likeness (QED) is 0.621. The second-order valence-electron chi connectivity index (χ2n) is 2.13. The highest BCUT2D eigenvalue weighted by molar-refractivity contribution is 4.91. The van der Waals surface area contributed by atoms with E-state index in [4.69, 9.17) is 5.73 Å². The second kappa shape index (κ2) is 3.22. The molecule has 0 radical (unpaired) electrons. The van der Waals surface area contributed by atoms with Crippen molar-refractivity contribution >= 4 is 0 Å². The molecule has 10 heavy (non-hydrogen) atoms.